The van der Waals surface area contributed by atoms with Crippen LogP contribution >= 0.6 is 0 Å². The highest BCUT2D eigenvalue weighted by Gasteiger charge is 2.21. The minimum Gasteiger partial charge on any atom is -0.317 e. The summed E-state index contributed by atoms with van der Waals surface area (Å²) in [5.41, 5.74) is 0.591. The summed E-state index contributed by atoms with van der Waals surface area (Å²) < 4.78 is 26.7. The van der Waals surface area contributed by atoms with Crippen LogP contribution in [0.1, 0.15) is 31.7 Å². The van der Waals surface area contributed by atoms with Gasteiger partial charge in [0.25, 0.3) is 0 Å². The van der Waals surface area contributed by atoms with Crippen molar-refractivity contribution < 1.29 is 8.78 Å². The van der Waals surface area contributed by atoms with Crippen molar-refractivity contribution in [3.63, 3.8) is 0 Å². The molecule has 1 aromatic rings. The first kappa shape index (κ1) is 14.4. The highest BCUT2D eigenvalue weighted by Crippen LogP contribution is 2.18. The minimum absolute atomic E-state index is 0.435. The normalized spacial score (nSPS) is 17.1. The van der Waals surface area contributed by atoms with E-state index in [1.807, 2.05) is 0 Å². The molecule has 0 saturated carbocycles. The van der Waals surface area contributed by atoms with Crippen molar-refractivity contribution in [3.05, 3.63) is 35.4 Å². The second-order valence-electron chi connectivity index (χ2n) is 5.19. The average Bonchev–Trinajstić information content (AvgIpc) is 2.42. The summed E-state index contributed by atoms with van der Waals surface area (Å²) in [5, 5.41) is 3.34. The molecule has 1 fully saturated rings. The van der Waals surface area contributed by atoms with Crippen molar-refractivity contribution in [2.75, 3.05) is 19.6 Å². The van der Waals surface area contributed by atoms with Gasteiger partial charge >= 0.3 is 0 Å². The molecule has 0 radical (unpaired) electrons. The van der Waals surface area contributed by atoms with E-state index in [1.165, 1.54) is 6.07 Å². The lowest BCUT2D eigenvalue weighted by molar-refractivity contribution is 0.152. The highest BCUT2D eigenvalue weighted by atomic mass is 19.1. The van der Waals surface area contributed by atoms with Crippen LogP contribution in [0.5, 0.6) is 0 Å². The van der Waals surface area contributed by atoms with Gasteiger partial charge in [-0.3, -0.25) is 4.90 Å². The van der Waals surface area contributed by atoms with Crippen LogP contribution in [0.15, 0.2) is 18.2 Å². The maximum atomic E-state index is 13.7. The highest BCUT2D eigenvalue weighted by molar-refractivity contribution is 5.18. The minimum atomic E-state index is -0.509. The summed E-state index contributed by atoms with van der Waals surface area (Å²) in [6.07, 6.45) is 3.25. The molecule has 4 heteroatoms. The van der Waals surface area contributed by atoms with Gasteiger partial charge in [0.05, 0.1) is 0 Å². The van der Waals surface area contributed by atoms with E-state index in [2.05, 4.69) is 17.1 Å². The monoisotopic (exact) mass is 268 g/mol. The molecule has 0 aliphatic carbocycles. The van der Waals surface area contributed by atoms with E-state index in [-0.39, 0.29) is 0 Å². The van der Waals surface area contributed by atoms with Crippen LogP contribution in [-0.4, -0.2) is 30.6 Å². The summed E-state index contributed by atoms with van der Waals surface area (Å²) in [4.78, 5) is 2.33. The molecule has 0 atom stereocenters. The number of nitrogens with one attached hydrogen (secondary N) is 1. The van der Waals surface area contributed by atoms with Crippen LogP contribution in [0.2, 0.25) is 0 Å². The topological polar surface area (TPSA) is 15.3 Å². The van der Waals surface area contributed by atoms with E-state index < -0.39 is 11.6 Å². The van der Waals surface area contributed by atoms with Crippen LogP contribution in [0.3, 0.4) is 0 Å². The molecule has 1 saturated heterocycles. The number of benzene rings is 1. The predicted molar refractivity (Wildman–Crippen MR) is 73.0 cm³/mol. The first-order valence-electron chi connectivity index (χ1n) is 7.09. The van der Waals surface area contributed by atoms with Gasteiger partial charge in [-0.15, -0.1) is 0 Å². The molecule has 1 heterocycles. The molecule has 0 amide bonds. The van der Waals surface area contributed by atoms with Gasteiger partial charge in [-0.1, -0.05) is 13.0 Å². The molecule has 2 rings (SSSR count). The van der Waals surface area contributed by atoms with E-state index in [0.29, 0.717) is 18.2 Å². The fourth-order valence-electron chi connectivity index (χ4n) is 2.72. The van der Waals surface area contributed by atoms with Gasteiger partial charge in [0.1, 0.15) is 11.6 Å². The lowest BCUT2D eigenvalue weighted by atomic mass is 10.0. The third-order valence-electron chi connectivity index (χ3n) is 3.72. The molecule has 1 aromatic carbocycles. The van der Waals surface area contributed by atoms with Gasteiger partial charge in [-0.25, -0.2) is 8.78 Å². The molecule has 1 aliphatic heterocycles. The van der Waals surface area contributed by atoms with Crippen LogP contribution < -0.4 is 5.32 Å². The zero-order valence-electron chi connectivity index (χ0n) is 11.5. The van der Waals surface area contributed by atoms with E-state index in [9.17, 15) is 8.78 Å². The van der Waals surface area contributed by atoms with Gasteiger partial charge in [0, 0.05) is 24.2 Å². The van der Waals surface area contributed by atoms with Gasteiger partial charge in [-0.05, 0) is 45.0 Å². The van der Waals surface area contributed by atoms with E-state index in [4.69, 9.17) is 0 Å². The Kier molecular flexibility index (Phi) is 5.28. The maximum Gasteiger partial charge on any atom is 0.130 e. The smallest absolute Gasteiger partial charge is 0.130 e. The second-order valence-corrected chi connectivity index (χ2v) is 5.19. The predicted octanol–water partition coefficient (Wildman–Crippen LogP) is 2.93. The molecule has 0 bridgehead atoms. The Morgan fingerprint density at radius 2 is 2.00 bits per heavy atom. The van der Waals surface area contributed by atoms with Crippen molar-refractivity contribution in [3.8, 4) is 0 Å². The summed E-state index contributed by atoms with van der Waals surface area (Å²) in [5.74, 6) is -0.944. The Labute approximate surface area is 113 Å². The molecular formula is C15H22F2N2. The zero-order chi connectivity index (χ0) is 13.7. The fourth-order valence-corrected chi connectivity index (χ4v) is 2.72. The van der Waals surface area contributed by atoms with E-state index >= 15 is 0 Å². The summed E-state index contributed by atoms with van der Waals surface area (Å²) in [6.45, 7) is 5.72. The van der Waals surface area contributed by atoms with Crippen LogP contribution in [0.25, 0.3) is 0 Å². The van der Waals surface area contributed by atoms with Crippen molar-refractivity contribution in [1.82, 2.24) is 10.2 Å². The first-order chi connectivity index (χ1) is 9.20. The number of rotatable bonds is 5. The van der Waals surface area contributed by atoms with Crippen molar-refractivity contribution in [2.24, 2.45) is 0 Å². The second kappa shape index (κ2) is 6.96. The lowest BCUT2D eigenvalue weighted by Crippen LogP contribution is -2.43. The van der Waals surface area contributed by atoms with Crippen LogP contribution in [0.4, 0.5) is 8.78 Å². The molecular weight excluding hydrogens is 246 g/mol. The standard InChI is InChI=1S/C15H22F2N2/c1-2-9-19(14-5-7-18-8-6-14)11-12-3-4-13(16)10-15(12)17/h3-4,10,14,18H,2,5-9,11H2,1H3. The van der Waals surface area contributed by atoms with Crippen LogP contribution in [-0.2, 0) is 6.54 Å². The molecule has 0 aromatic heterocycles. The van der Waals surface area contributed by atoms with E-state index in [0.717, 1.165) is 45.0 Å². The third kappa shape index (κ3) is 3.98. The van der Waals surface area contributed by atoms with E-state index in [1.54, 1.807) is 6.07 Å². The fraction of sp³-hybridized carbons (Fsp3) is 0.600. The summed E-state index contributed by atoms with van der Waals surface area (Å²) >= 11 is 0. The van der Waals surface area contributed by atoms with Crippen molar-refractivity contribution >= 4 is 0 Å². The Morgan fingerprint density at radius 1 is 1.26 bits per heavy atom. The first-order valence-corrected chi connectivity index (χ1v) is 7.09. The Morgan fingerprint density at radius 3 is 2.63 bits per heavy atom. The number of halogens is 2. The van der Waals surface area contributed by atoms with Gasteiger partial charge < -0.3 is 5.32 Å². The Balaban J connectivity index is 2.06. The average molecular weight is 268 g/mol. The summed E-state index contributed by atoms with van der Waals surface area (Å²) in [7, 11) is 0. The quantitative estimate of drug-likeness (QED) is 0.883. The SMILES string of the molecule is CCCN(Cc1ccc(F)cc1F)C1CCNCC1. The molecule has 19 heavy (non-hydrogen) atoms. The Bertz CT molecular complexity index is 403. The molecule has 106 valence electrons. The van der Waals surface area contributed by atoms with Gasteiger partial charge in [0.2, 0.25) is 0 Å². The Hall–Kier alpha value is -1.00. The largest absolute Gasteiger partial charge is 0.317 e. The number of hydrogen-bond donors (Lipinski definition) is 1. The molecule has 0 spiro atoms. The van der Waals surface area contributed by atoms with Crippen molar-refractivity contribution in [1.29, 1.82) is 0 Å². The summed E-state index contributed by atoms with van der Waals surface area (Å²) in [6, 6.07) is 4.38. The molecule has 1 aliphatic rings. The lowest BCUT2D eigenvalue weighted by Gasteiger charge is -2.34. The maximum absolute atomic E-state index is 13.7. The molecule has 2 nitrogen and oxygen atoms in total. The molecule has 0 unspecified atom stereocenters. The third-order valence-corrected chi connectivity index (χ3v) is 3.72. The van der Waals surface area contributed by atoms with Gasteiger partial charge in [0.15, 0.2) is 0 Å². The van der Waals surface area contributed by atoms with Crippen LogP contribution in [0, 0.1) is 11.6 Å². The number of hydrogen-bond acceptors (Lipinski definition) is 2. The number of piperidine rings is 1. The zero-order valence-corrected chi connectivity index (χ0v) is 11.5. The number of nitrogens with zero attached hydrogens (tertiary/aromatic N) is 1. The van der Waals surface area contributed by atoms with Gasteiger partial charge in [-0.2, -0.15) is 0 Å². The molecule has 1 N–H and O–H groups in total. The van der Waals surface area contributed by atoms with Crippen molar-refractivity contribution in [2.45, 2.75) is 38.8 Å².